The van der Waals surface area contributed by atoms with Crippen LogP contribution in [0, 0.1) is 0 Å². The number of rotatable bonds is 25. The summed E-state index contributed by atoms with van der Waals surface area (Å²) in [6, 6.07) is 0. The van der Waals surface area contributed by atoms with Gasteiger partial charge in [-0.25, -0.2) is 9.56 Å². The average molecular weight is 543 g/mol. The summed E-state index contributed by atoms with van der Waals surface area (Å²) in [5.74, 6) is 0. The van der Waals surface area contributed by atoms with Crippen LogP contribution < -0.4 is 113 Å². The van der Waals surface area contributed by atoms with Crippen molar-refractivity contribution in [3.63, 3.8) is 0 Å². The van der Waals surface area contributed by atoms with E-state index in [0.29, 0.717) is 13.0 Å². The maximum atomic E-state index is 10.7. The first kappa shape index (κ1) is 40.8. The summed E-state index contributed by atoms with van der Waals surface area (Å²) < 4.78 is 20.3. The SMILES string of the molecule is CCCCCCCCCCCCCCCC(OCCCCCCCC)OOP(=O)([O-])[O-].[K+].[K+]. The minimum atomic E-state index is -5.15. The molecule has 0 saturated carbocycles. The molecule has 0 saturated heterocycles. The fourth-order valence-corrected chi connectivity index (χ4v) is 3.89. The van der Waals surface area contributed by atoms with Crippen molar-refractivity contribution in [2.75, 3.05) is 6.61 Å². The molecule has 1 atom stereocenters. The minimum absolute atomic E-state index is 0. The molecule has 188 valence electrons. The van der Waals surface area contributed by atoms with Crippen molar-refractivity contribution in [2.45, 2.75) is 149 Å². The van der Waals surface area contributed by atoms with Gasteiger partial charge in [-0.1, -0.05) is 123 Å². The van der Waals surface area contributed by atoms with E-state index >= 15 is 0 Å². The van der Waals surface area contributed by atoms with E-state index < -0.39 is 14.1 Å². The summed E-state index contributed by atoms with van der Waals surface area (Å²) in [5, 5.41) is 0. The van der Waals surface area contributed by atoms with Crippen molar-refractivity contribution < 1.29 is 131 Å². The molecule has 0 bridgehead atoms. The first-order valence-electron chi connectivity index (χ1n) is 13.0. The van der Waals surface area contributed by atoms with Gasteiger partial charge < -0.3 is 19.1 Å². The smallest absolute Gasteiger partial charge is 0.788 e. The molecule has 33 heavy (non-hydrogen) atoms. The van der Waals surface area contributed by atoms with Crippen LogP contribution in [0.4, 0.5) is 0 Å². The second kappa shape index (κ2) is 31.5. The zero-order chi connectivity index (χ0) is 23.0. The molecule has 0 aromatic carbocycles. The largest absolute Gasteiger partial charge is 1.00 e. The number of hydrogen-bond donors (Lipinski definition) is 0. The molecule has 0 aromatic rings. The topological polar surface area (TPSA) is 90.9 Å². The molecule has 0 radical (unpaired) electrons. The fourth-order valence-electron chi connectivity index (χ4n) is 3.69. The van der Waals surface area contributed by atoms with Gasteiger partial charge in [0.15, 0.2) is 6.29 Å². The zero-order valence-electron chi connectivity index (χ0n) is 22.3. The summed E-state index contributed by atoms with van der Waals surface area (Å²) in [4.78, 5) is 26.1. The van der Waals surface area contributed by atoms with E-state index in [1.165, 1.54) is 89.9 Å². The van der Waals surface area contributed by atoms with Crippen LogP contribution in [0.3, 0.4) is 0 Å². The summed E-state index contributed by atoms with van der Waals surface area (Å²) in [5.41, 5.74) is 0. The summed E-state index contributed by atoms with van der Waals surface area (Å²) >= 11 is 0. The Hall–Kier alpha value is 3.30. The third-order valence-electron chi connectivity index (χ3n) is 5.59. The third-order valence-corrected chi connectivity index (χ3v) is 5.86. The summed E-state index contributed by atoms with van der Waals surface area (Å²) in [6.45, 7) is 4.93. The van der Waals surface area contributed by atoms with E-state index in [-0.39, 0.29) is 103 Å². The molecule has 6 nitrogen and oxygen atoms in total. The molecule has 0 amide bonds. The number of phosphoric acid groups is 1. The minimum Gasteiger partial charge on any atom is -0.788 e. The van der Waals surface area contributed by atoms with E-state index in [4.69, 9.17) is 9.62 Å². The van der Waals surface area contributed by atoms with Gasteiger partial charge in [-0.2, -0.15) is 0 Å². The molecule has 1 unspecified atom stereocenters. The summed E-state index contributed by atoms with van der Waals surface area (Å²) in [6.07, 6.45) is 23.0. The molecule has 0 heterocycles. The Balaban J connectivity index is -0.00000450. The Morgan fingerprint density at radius 2 is 0.970 bits per heavy atom. The molecular formula is C24H49K2O6P. The predicted octanol–water partition coefficient (Wildman–Crippen LogP) is 0.956. The Morgan fingerprint density at radius 1 is 0.606 bits per heavy atom. The standard InChI is InChI=1S/C24H51O6P.2K/c1-3-5-7-9-11-12-13-14-15-16-17-18-20-22-24(29-30-31(25,26)27)28-23-21-19-10-8-6-4-2;;/h24H,3-23H2,1-2H3,(H2,25,26,27);;/q;2*+1/p-2. The van der Waals surface area contributed by atoms with Crippen molar-refractivity contribution in [1.82, 2.24) is 0 Å². The van der Waals surface area contributed by atoms with E-state index in [9.17, 15) is 14.4 Å². The van der Waals surface area contributed by atoms with Crippen molar-refractivity contribution in [1.29, 1.82) is 0 Å². The van der Waals surface area contributed by atoms with Crippen LogP contribution in [0.5, 0.6) is 0 Å². The van der Waals surface area contributed by atoms with Gasteiger partial charge in [0.2, 0.25) is 0 Å². The molecule has 0 fully saturated rings. The monoisotopic (exact) mass is 542 g/mol. The first-order valence-corrected chi connectivity index (χ1v) is 14.4. The summed E-state index contributed by atoms with van der Waals surface area (Å²) in [7, 11) is -5.15. The zero-order valence-corrected chi connectivity index (χ0v) is 29.5. The Labute approximate surface area is 289 Å². The van der Waals surface area contributed by atoms with E-state index in [1.807, 2.05) is 0 Å². The Kier molecular flexibility index (Phi) is 39.0. The third kappa shape index (κ3) is 35.3. The van der Waals surface area contributed by atoms with Crippen LogP contribution in [-0.2, 0) is 18.9 Å². The van der Waals surface area contributed by atoms with Gasteiger partial charge in [-0.15, -0.1) is 0 Å². The van der Waals surface area contributed by atoms with E-state index in [1.54, 1.807) is 0 Å². The number of hydrogen-bond acceptors (Lipinski definition) is 6. The van der Waals surface area contributed by atoms with Gasteiger partial charge in [-0.05, 0) is 12.8 Å². The van der Waals surface area contributed by atoms with Crippen molar-refractivity contribution in [3.05, 3.63) is 0 Å². The van der Waals surface area contributed by atoms with Gasteiger partial charge in [0.05, 0.1) is 0 Å². The maximum Gasteiger partial charge on any atom is 1.00 e. The number of unbranched alkanes of at least 4 members (excludes halogenated alkanes) is 17. The van der Waals surface area contributed by atoms with Crippen LogP contribution in [0.1, 0.15) is 142 Å². The second-order valence-corrected chi connectivity index (χ2v) is 9.76. The predicted molar refractivity (Wildman–Crippen MR) is 123 cm³/mol. The maximum absolute atomic E-state index is 10.7. The Morgan fingerprint density at radius 3 is 1.36 bits per heavy atom. The molecule has 0 aliphatic rings. The van der Waals surface area contributed by atoms with Crippen LogP contribution in [0.15, 0.2) is 0 Å². The molecule has 0 aliphatic heterocycles. The van der Waals surface area contributed by atoms with Crippen LogP contribution >= 0.6 is 7.82 Å². The molecule has 0 N–H and O–H groups in total. The average Bonchev–Trinajstić information content (AvgIpc) is 2.73. The van der Waals surface area contributed by atoms with Crippen LogP contribution in [0.2, 0.25) is 0 Å². The van der Waals surface area contributed by atoms with Crippen molar-refractivity contribution in [3.8, 4) is 0 Å². The van der Waals surface area contributed by atoms with E-state index in [0.717, 1.165) is 32.1 Å². The molecular weight excluding hydrogens is 493 g/mol. The van der Waals surface area contributed by atoms with Gasteiger partial charge in [0.1, 0.15) is 7.82 Å². The van der Waals surface area contributed by atoms with Crippen LogP contribution in [0.25, 0.3) is 0 Å². The Bertz CT molecular complexity index is 412. The van der Waals surface area contributed by atoms with Crippen molar-refractivity contribution in [2.24, 2.45) is 0 Å². The molecule has 0 aliphatic carbocycles. The van der Waals surface area contributed by atoms with Gasteiger partial charge >= 0.3 is 103 Å². The second-order valence-electron chi connectivity index (χ2n) is 8.72. The fraction of sp³-hybridized carbons (Fsp3) is 1.00. The molecule has 0 rings (SSSR count). The quantitative estimate of drug-likeness (QED) is 0.0426. The van der Waals surface area contributed by atoms with Gasteiger partial charge in [0.25, 0.3) is 0 Å². The van der Waals surface area contributed by atoms with Crippen molar-refractivity contribution >= 4 is 7.82 Å². The van der Waals surface area contributed by atoms with E-state index in [2.05, 4.69) is 18.5 Å². The first-order chi connectivity index (χ1) is 15.0. The molecule has 0 aromatic heterocycles. The van der Waals surface area contributed by atoms with Gasteiger partial charge in [0, 0.05) is 13.0 Å². The van der Waals surface area contributed by atoms with Gasteiger partial charge in [-0.3, -0.25) is 0 Å². The molecule has 0 spiro atoms. The molecule has 9 heteroatoms. The normalized spacial score (nSPS) is 12.2. The number of ether oxygens (including phenoxy) is 1. The van der Waals surface area contributed by atoms with Crippen LogP contribution in [-0.4, -0.2) is 12.9 Å².